The number of hydrogen-bond donors (Lipinski definition) is 1. The molecule has 112 valence electrons. The number of benzene rings is 1. The van der Waals surface area contributed by atoms with Crippen molar-refractivity contribution in [3.63, 3.8) is 0 Å². The first kappa shape index (κ1) is 14.1. The third kappa shape index (κ3) is 2.53. The summed E-state index contributed by atoms with van der Waals surface area (Å²) in [5, 5.41) is 0. The summed E-state index contributed by atoms with van der Waals surface area (Å²) in [7, 11) is 1.74. The molecule has 1 saturated carbocycles. The fraction of sp³-hybridized carbons (Fsp3) is 0.500. The van der Waals surface area contributed by atoms with Crippen LogP contribution in [0.5, 0.6) is 0 Å². The number of ether oxygens (including phenoxy) is 1. The number of carbonyl (C=O) groups excluding carboxylic acids is 1. The number of fused-ring (bicyclic) bond motifs is 1. The van der Waals surface area contributed by atoms with Gasteiger partial charge in [-0.05, 0) is 50.8 Å². The maximum Gasteiger partial charge on any atom is 0.235 e. The molecule has 1 heterocycles. The van der Waals surface area contributed by atoms with Gasteiger partial charge < -0.3 is 10.5 Å². The minimum atomic E-state index is 0.0602. The number of nitrogens with two attached hydrogens (primary N) is 1. The molecule has 1 aromatic heterocycles. The molecule has 1 fully saturated rings. The molecule has 2 N–H and O–H groups in total. The zero-order valence-electron chi connectivity index (χ0n) is 12.5. The third-order valence-electron chi connectivity index (χ3n) is 4.42. The molecule has 5 nitrogen and oxygen atoms in total. The summed E-state index contributed by atoms with van der Waals surface area (Å²) in [4.78, 5) is 17.3. The number of methoxy groups -OCH3 is 1. The van der Waals surface area contributed by atoms with Crippen LogP contribution in [0.3, 0.4) is 0 Å². The molecular weight excluding hydrogens is 266 g/mol. The Morgan fingerprint density at radius 1 is 1.33 bits per heavy atom. The van der Waals surface area contributed by atoms with Crippen molar-refractivity contribution in [3.8, 4) is 0 Å². The molecule has 0 spiro atoms. The van der Waals surface area contributed by atoms with Crippen molar-refractivity contribution < 1.29 is 9.53 Å². The molecule has 0 radical (unpaired) electrons. The van der Waals surface area contributed by atoms with E-state index in [2.05, 4.69) is 4.98 Å². The molecule has 21 heavy (non-hydrogen) atoms. The molecular formula is C16H21N3O2. The lowest BCUT2D eigenvalue weighted by molar-refractivity contribution is 0.0483. The molecule has 1 aliphatic carbocycles. The van der Waals surface area contributed by atoms with E-state index in [0.29, 0.717) is 11.8 Å². The normalized spacial score (nSPS) is 22.6. The van der Waals surface area contributed by atoms with Gasteiger partial charge in [0.2, 0.25) is 5.91 Å². The van der Waals surface area contributed by atoms with Gasteiger partial charge in [0.25, 0.3) is 0 Å². The number of aromatic nitrogens is 2. The van der Waals surface area contributed by atoms with Crippen molar-refractivity contribution in [1.29, 1.82) is 0 Å². The van der Waals surface area contributed by atoms with Crippen LogP contribution in [0, 0.1) is 12.8 Å². The average molecular weight is 287 g/mol. The quantitative estimate of drug-likeness (QED) is 0.862. The molecule has 1 aliphatic rings. The molecule has 0 saturated heterocycles. The molecule has 0 bridgehead atoms. The second-order valence-electron chi connectivity index (χ2n) is 5.79. The number of nitrogen functional groups attached to an aromatic ring is 1. The van der Waals surface area contributed by atoms with E-state index in [-0.39, 0.29) is 11.8 Å². The van der Waals surface area contributed by atoms with Crippen LogP contribution < -0.4 is 5.73 Å². The number of carbonyl (C=O) groups is 1. The highest BCUT2D eigenvalue weighted by molar-refractivity contribution is 5.93. The Kier molecular flexibility index (Phi) is 3.68. The standard InChI is InChI=1S/C16H21N3O2/c1-10-18-14-9-12(17)5-8-15(14)19(10)16(20)11-3-6-13(21-2)7-4-11/h5,8-9,11,13H,3-4,6-7,17H2,1-2H3. The number of nitrogens with zero attached hydrogens (tertiary/aromatic N) is 2. The monoisotopic (exact) mass is 287 g/mol. The Bertz CT molecular complexity index is 669. The molecule has 1 aromatic carbocycles. The predicted molar refractivity (Wildman–Crippen MR) is 82.3 cm³/mol. The van der Waals surface area contributed by atoms with Gasteiger partial charge in [0.1, 0.15) is 5.82 Å². The minimum absolute atomic E-state index is 0.0602. The first-order valence-electron chi connectivity index (χ1n) is 7.41. The van der Waals surface area contributed by atoms with Crippen LogP contribution in [0.25, 0.3) is 11.0 Å². The Hall–Kier alpha value is -1.88. The SMILES string of the molecule is COC1CCC(C(=O)n2c(C)nc3cc(N)ccc32)CC1. The summed E-state index contributed by atoms with van der Waals surface area (Å²) in [6, 6.07) is 5.51. The number of aryl methyl sites for hydroxylation is 1. The lowest BCUT2D eigenvalue weighted by Gasteiger charge is -2.27. The van der Waals surface area contributed by atoms with E-state index in [9.17, 15) is 4.79 Å². The van der Waals surface area contributed by atoms with Crippen LogP contribution in [0.1, 0.15) is 36.3 Å². The molecule has 0 atom stereocenters. The summed E-state index contributed by atoms with van der Waals surface area (Å²) in [6.45, 7) is 1.87. The summed E-state index contributed by atoms with van der Waals surface area (Å²) in [5.74, 6) is 0.939. The van der Waals surface area contributed by atoms with Gasteiger partial charge in [-0.15, -0.1) is 0 Å². The van der Waals surface area contributed by atoms with Gasteiger partial charge in [-0.3, -0.25) is 9.36 Å². The van der Waals surface area contributed by atoms with Crippen LogP contribution in [-0.4, -0.2) is 28.7 Å². The van der Waals surface area contributed by atoms with Crippen molar-refractivity contribution in [1.82, 2.24) is 9.55 Å². The molecule has 0 aliphatic heterocycles. The molecule has 5 heteroatoms. The van der Waals surface area contributed by atoms with Gasteiger partial charge in [0, 0.05) is 18.7 Å². The highest BCUT2D eigenvalue weighted by atomic mass is 16.5. The summed E-state index contributed by atoms with van der Waals surface area (Å²) in [5.41, 5.74) is 8.08. The minimum Gasteiger partial charge on any atom is -0.399 e. The lowest BCUT2D eigenvalue weighted by atomic mass is 9.86. The van der Waals surface area contributed by atoms with E-state index < -0.39 is 0 Å². The van der Waals surface area contributed by atoms with Gasteiger partial charge in [0.15, 0.2) is 0 Å². The molecule has 0 unspecified atom stereocenters. The largest absolute Gasteiger partial charge is 0.399 e. The van der Waals surface area contributed by atoms with Gasteiger partial charge in [-0.25, -0.2) is 4.98 Å². The van der Waals surface area contributed by atoms with Gasteiger partial charge in [-0.1, -0.05) is 0 Å². The Morgan fingerprint density at radius 2 is 2.05 bits per heavy atom. The highest BCUT2D eigenvalue weighted by Gasteiger charge is 2.28. The van der Waals surface area contributed by atoms with Crippen LogP contribution in [-0.2, 0) is 4.74 Å². The first-order valence-corrected chi connectivity index (χ1v) is 7.41. The zero-order chi connectivity index (χ0) is 15.0. The summed E-state index contributed by atoms with van der Waals surface area (Å²) < 4.78 is 7.12. The third-order valence-corrected chi connectivity index (χ3v) is 4.42. The lowest BCUT2D eigenvalue weighted by Crippen LogP contribution is -2.29. The molecule has 2 aromatic rings. The van der Waals surface area contributed by atoms with Crippen LogP contribution in [0.2, 0.25) is 0 Å². The van der Waals surface area contributed by atoms with E-state index in [1.54, 1.807) is 11.7 Å². The second kappa shape index (κ2) is 5.48. The zero-order valence-corrected chi connectivity index (χ0v) is 12.5. The van der Waals surface area contributed by atoms with Gasteiger partial charge >= 0.3 is 0 Å². The predicted octanol–water partition coefficient (Wildman–Crippen LogP) is 2.77. The smallest absolute Gasteiger partial charge is 0.235 e. The van der Waals surface area contributed by atoms with E-state index in [0.717, 1.165) is 42.5 Å². The van der Waals surface area contributed by atoms with Crippen LogP contribution in [0.4, 0.5) is 5.69 Å². The Labute approximate surface area is 124 Å². The number of imidazole rings is 1. The average Bonchev–Trinajstić information content (AvgIpc) is 2.81. The van der Waals surface area contributed by atoms with Crippen molar-refractivity contribution in [2.75, 3.05) is 12.8 Å². The Balaban J connectivity index is 1.90. The van der Waals surface area contributed by atoms with E-state index >= 15 is 0 Å². The van der Waals surface area contributed by atoms with E-state index in [4.69, 9.17) is 10.5 Å². The van der Waals surface area contributed by atoms with Gasteiger partial charge in [0.05, 0.1) is 17.1 Å². The van der Waals surface area contributed by atoms with E-state index in [1.807, 2.05) is 25.1 Å². The first-order chi connectivity index (χ1) is 10.1. The highest BCUT2D eigenvalue weighted by Crippen LogP contribution is 2.29. The van der Waals surface area contributed by atoms with Gasteiger partial charge in [-0.2, -0.15) is 0 Å². The van der Waals surface area contributed by atoms with Crippen molar-refractivity contribution in [3.05, 3.63) is 24.0 Å². The summed E-state index contributed by atoms with van der Waals surface area (Å²) >= 11 is 0. The number of rotatable bonds is 2. The number of hydrogen-bond acceptors (Lipinski definition) is 4. The number of anilines is 1. The topological polar surface area (TPSA) is 70.1 Å². The maximum absolute atomic E-state index is 12.8. The maximum atomic E-state index is 12.8. The van der Waals surface area contributed by atoms with Crippen LogP contribution >= 0.6 is 0 Å². The van der Waals surface area contributed by atoms with Crippen molar-refractivity contribution in [2.45, 2.75) is 38.7 Å². The summed E-state index contributed by atoms with van der Waals surface area (Å²) in [6.07, 6.45) is 3.96. The van der Waals surface area contributed by atoms with Crippen molar-refractivity contribution >= 4 is 22.6 Å². The fourth-order valence-corrected chi connectivity index (χ4v) is 3.22. The van der Waals surface area contributed by atoms with Crippen LogP contribution in [0.15, 0.2) is 18.2 Å². The fourth-order valence-electron chi connectivity index (χ4n) is 3.22. The van der Waals surface area contributed by atoms with Crippen molar-refractivity contribution in [2.24, 2.45) is 5.92 Å². The van der Waals surface area contributed by atoms with E-state index in [1.165, 1.54) is 0 Å². The molecule has 0 amide bonds. The second-order valence-corrected chi connectivity index (χ2v) is 5.79. The molecule has 3 rings (SSSR count). The Morgan fingerprint density at radius 3 is 2.71 bits per heavy atom.